The van der Waals surface area contributed by atoms with E-state index in [-0.39, 0.29) is 10.8 Å². The van der Waals surface area contributed by atoms with E-state index in [2.05, 4.69) is 154 Å². The number of anilines is 3. The number of fused-ring (bicyclic) bond motifs is 7. The standard InChI is InChI=1S/C46H41N/c1-6-31-19-20-33-28-34(22-21-32(33)27-31)47(35-23-25-39-37-15-11-13-17-41(37)45(7-2,8-3)43(39)29-35)36-24-26-40-38-16-12-14-18-42(38)46(9-4,10-5)44(40)30-36/h1,11-30H,7-10H2,2-5H3. The van der Waals surface area contributed by atoms with Gasteiger partial charge in [0.25, 0.3) is 0 Å². The Kier molecular flexibility index (Phi) is 6.89. The summed E-state index contributed by atoms with van der Waals surface area (Å²) in [6.07, 6.45) is 10.0. The van der Waals surface area contributed by atoms with Crippen LogP contribution in [0.4, 0.5) is 17.1 Å². The molecule has 2 aliphatic rings. The molecule has 1 nitrogen and oxygen atoms in total. The van der Waals surface area contributed by atoms with Gasteiger partial charge in [0.15, 0.2) is 0 Å². The Bertz CT molecular complexity index is 2110. The molecule has 0 atom stereocenters. The van der Waals surface area contributed by atoms with Crippen LogP contribution < -0.4 is 4.90 Å². The Hall–Kier alpha value is -5.06. The monoisotopic (exact) mass is 607 g/mol. The number of terminal acetylenes is 1. The van der Waals surface area contributed by atoms with Crippen LogP contribution in [0.15, 0.2) is 121 Å². The van der Waals surface area contributed by atoms with Crippen molar-refractivity contribution in [3.8, 4) is 34.6 Å². The average molecular weight is 608 g/mol. The van der Waals surface area contributed by atoms with Crippen molar-refractivity contribution in [1.82, 2.24) is 0 Å². The summed E-state index contributed by atoms with van der Waals surface area (Å²) in [6.45, 7) is 9.39. The van der Waals surface area contributed by atoms with Crippen molar-refractivity contribution in [2.45, 2.75) is 64.2 Å². The highest BCUT2D eigenvalue weighted by Gasteiger charge is 2.42. The minimum atomic E-state index is 0.00176. The van der Waals surface area contributed by atoms with Crippen LogP contribution in [-0.4, -0.2) is 0 Å². The van der Waals surface area contributed by atoms with E-state index >= 15 is 0 Å². The predicted molar refractivity (Wildman–Crippen MR) is 200 cm³/mol. The number of hydrogen-bond acceptors (Lipinski definition) is 1. The summed E-state index contributed by atoms with van der Waals surface area (Å²) in [5.41, 5.74) is 15.7. The van der Waals surface area contributed by atoms with Crippen molar-refractivity contribution in [1.29, 1.82) is 0 Å². The normalized spacial score (nSPS) is 14.6. The van der Waals surface area contributed by atoms with Crippen LogP contribution in [0.3, 0.4) is 0 Å². The second kappa shape index (κ2) is 11.0. The SMILES string of the molecule is C#Cc1ccc2cc(N(c3ccc4c(c3)C(CC)(CC)c3ccccc3-4)c3ccc4c(c3)C(CC)(CC)c3ccccc3-4)ccc2c1. The lowest BCUT2D eigenvalue weighted by molar-refractivity contribution is 0.490. The van der Waals surface area contributed by atoms with Gasteiger partial charge >= 0.3 is 0 Å². The van der Waals surface area contributed by atoms with Crippen molar-refractivity contribution in [2.75, 3.05) is 4.90 Å². The van der Waals surface area contributed by atoms with Crippen LogP contribution in [0.1, 0.15) is 81.2 Å². The maximum atomic E-state index is 5.75. The van der Waals surface area contributed by atoms with Gasteiger partial charge in [0.05, 0.1) is 0 Å². The smallest absolute Gasteiger partial charge is 0.0468 e. The maximum absolute atomic E-state index is 5.75. The van der Waals surface area contributed by atoms with Crippen LogP contribution in [0.5, 0.6) is 0 Å². The summed E-state index contributed by atoms with van der Waals surface area (Å²) in [5, 5.41) is 2.34. The molecule has 0 saturated carbocycles. The largest absolute Gasteiger partial charge is 0.310 e. The molecule has 0 radical (unpaired) electrons. The molecular formula is C46H41N. The van der Waals surface area contributed by atoms with Crippen molar-refractivity contribution in [2.24, 2.45) is 0 Å². The average Bonchev–Trinajstić information content (AvgIpc) is 3.58. The van der Waals surface area contributed by atoms with E-state index in [0.717, 1.165) is 42.3 Å². The molecular weight excluding hydrogens is 567 g/mol. The fraction of sp³-hybridized carbons (Fsp3) is 0.217. The van der Waals surface area contributed by atoms with E-state index in [1.807, 2.05) is 6.07 Å². The summed E-state index contributed by atoms with van der Waals surface area (Å²) >= 11 is 0. The molecule has 0 N–H and O–H groups in total. The van der Waals surface area contributed by atoms with Crippen molar-refractivity contribution in [3.63, 3.8) is 0 Å². The Morgan fingerprint density at radius 2 is 0.894 bits per heavy atom. The van der Waals surface area contributed by atoms with Gasteiger partial charge in [-0.25, -0.2) is 0 Å². The number of rotatable bonds is 7. The van der Waals surface area contributed by atoms with E-state index in [9.17, 15) is 0 Å². The highest BCUT2D eigenvalue weighted by atomic mass is 15.1. The molecule has 0 fully saturated rings. The zero-order valence-corrected chi connectivity index (χ0v) is 27.9. The molecule has 0 saturated heterocycles. The number of nitrogens with zero attached hydrogens (tertiary/aromatic N) is 1. The first-order chi connectivity index (χ1) is 23.0. The van der Waals surface area contributed by atoms with E-state index in [4.69, 9.17) is 6.42 Å². The third-order valence-electron chi connectivity index (χ3n) is 11.7. The second-order valence-electron chi connectivity index (χ2n) is 13.4. The van der Waals surface area contributed by atoms with Gasteiger partial charge in [0.1, 0.15) is 0 Å². The third-order valence-corrected chi connectivity index (χ3v) is 11.7. The van der Waals surface area contributed by atoms with E-state index in [0.29, 0.717) is 0 Å². The highest BCUT2D eigenvalue weighted by molar-refractivity contribution is 5.92. The molecule has 6 aromatic rings. The summed E-state index contributed by atoms with van der Waals surface area (Å²) < 4.78 is 0. The van der Waals surface area contributed by atoms with Gasteiger partial charge in [0, 0.05) is 33.5 Å². The van der Waals surface area contributed by atoms with Gasteiger partial charge in [-0.1, -0.05) is 106 Å². The minimum Gasteiger partial charge on any atom is -0.310 e. The zero-order valence-electron chi connectivity index (χ0n) is 27.9. The van der Waals surface area contributed by atoms with E-state index < -0.39 is 0 Å². The fourth-order valence-electron chi connectivity index (χ4n) is 9.10. The molecule has 0 aromatic heterocycles. The molecule has 0 amide bonds. The molecule has 0 aliphatic heterocycles. The lowest BCUT2D eigenvalue weighted by Gasteiger charge is -2.33. The number of hydrogen-bond donors (Lipinski definition) is 0. The van der Waals surface area contributed by atoms with Crippen molar-refractivity contribution >= 4 is 27.8 Å². The number of benzene rings is 6. The highest BCUT2D eigenvalue weighted by Crippen LogP contribution is 2.56. The zero-order chi connectivity index (χ0) is 32.3. The fourth-order valence-corrected chi connectivity index (χ4v) is 9.10. The Labute approximate surface area is 279 Å². The molecule has 0 unspecified atom stereocenters. The second-order valence-corrected chi connectivity index (χ2v) is 13.4. The summed E-state index contributed by atoms with van der Waals surface area (Å²) in [5.74, 6) is 2.80. The lowest BCUT2D eigenvalue weighted by Crippen LogP contribution is -2.24. The lowest BCUT2D eigenvalue weighted by atomic mass is 9.73. The maximum Gasteiger partial charge on any atom is 0.0468 e. The van der Waals surface area contributed by atoms with Crippen LogP contribution in [0.25, 0.3) is 33.0 Å². The first-order valence-corrected chi connectivity index (χ1v) is 17.3. The molecule has 0 bridgehead atoms. The van der Waals surface area contributed by atoms with Gasteiger partial charge in [-0.05, 0) is 129 Å². The van der Waals surface area contributed by atoms with Gasteiger partial charge in [-0.2, -0.15) is 0 Å². The minimum absolute atomic E-state index is 0.00176. The van der Waals surface area contributed by atoms with Crippen LogP contribution in [-0.2, 0) is 10.8 Å². The molecule has 0 heterocycles. The summed E-state index contributed by atoms with van der Waals surface area (Å²) in [4.78, 5) is 2.48. The van der Waals surface area contributed by atoms with Crippen LogP contribution in [0.2, 0.25) is 0 Å². The Morgan fingerprint density at radius 1 is 0.468 bits per heavy atom. The molecule has 230 valence electrons. The van der Waals surface area contributed by atoms with Gasteiger partial charge in [-0.3, -0.25) is 0 Å². The van der Waals surface area contributed by atoms with Gasteiger partial charge in [0.2, 0.25) is 0 Å². The first-order valence-electron chi connectivity index (χ1n) is 17.3. The van der Waals surface area contributed by atoms with Gasteiger partial charge < -0.3 is 4.90 Å². The Balaban J connectivity index is 1.36. The van der Waals surface area contributed by atoms with Crippen LogP contribution in [0, 0.1) is 12.3 Å². The summed E-state index contributed by atoms with van der Waals surface area (Å²) in [6, 6.07) is 45.6. The van der Waals surface area contributed by atoms with Crippen molar-refractivity contribution < 1.29 is 0 Å². The van der Waals surface area contributed by atoms with Crippen LogP contribution >= 0.6 is 0 Å². The predicted octanol–water partition coefficient (Wildman–Crippen LogP) is 12.5. The molecule has 6 aromatic carbocycles. The molecule has 0 spiro atoms. The molecule has 8 rings (SSSR count). The molecule has 1 heteroatoms. The van der Waals surface area contributed by atoms with Crippen molar-refractivity contribution in [3.05, 3.63) is 149 Å². The first kappa shape index (κ1) is 29.3. The van der Waals surface area contributed by atoms with E-state index in [1.54, 1.807) is 0 Å². The quantitative estimate of drug-likeness (QED) is 0.163. The molecule has 2 aliphatic carbocycles. The Morgan fingerprint density at radius 3 is 1.40 bits per heavy atom. The summed E-state index contributed by atoms with van der Waals surface area (Å²) in [7, 11) is 0. The molecule has 47 heavy (non-hydrogen) atoms. The topological polar surface area (TPSA) is 3.24 Å². The van der Waals surface area contributed by atoms with Gasteiger partial charge in [-0.15, -0.1) is 6.42 Å². The van der Waals surface area contributed by atoms with E-state index in [1.165, 1.54) is 61.3 Å². The third kappa shape index (κ3) is 4.11.